The largest absolute Gasteiger partial charge is 0.494 e. The van der Waals surface area contributed by atoms with Gasteiger partial charge in [0.15, 0.2) is 11.6 Å². The van der Waals surface area contributed by atoms with E-state index >= 15 is 0 Å². The van der Waals surface area contributed by atoms with Crippen LogP contribution in [0.25, 0.3) is 11.0 Å². The van der Waals surface area contributed by atoms with Crippen LogP contribution in [0.4, 0.5) is 4.39 Å². The number of carbonyl (C=O) groups excluding carboxylic acids is 1. The van der Waals surface area contributed by atoms with Crippen molar-refractivity contribution in [3.8, 4) is 5.75 Å². The number of benzene rings is 2. The molecular formula is C21H20FN3O2. The predicted octanol–water partition coefficient (Wildman–Crippen LogP) is 3.76. The van der Waals surface area contributed by atoms with E-state index in [4.69, 9.17) is 9.72 Å². The molecule has 1 aromatic heterocycles. The summed E-state index contributed by atoms with van der Waals surface area (Å²) in [6, 6.07) is 12.7. The SMILES string of the molecule is COc1ccc(C(=O)N2CC(n3c(C4CC4)nc4ccccc43)C2)cc1F. The van der Waals surface area contributed by atoms with E-state index in [0.717, 1.165) is 16.9 Å². The third-order valence-corrected chi connectivity index (χ3v) is 5.48. The highest BCUT2D eigenvalue weighted by Gasteiger charge is 2.38. The Morgan fingerprint density at radius 3 is 2.67 bits per heavy atom. The Morgan fingerprint density at radius 2 is 1.96 bits per heavy atom. The maximum atomic E-state index is 13.9. The van der Waals surface area contributed by atoms with Gasteiger partial charge in [0, 0.05) is 24.6 Å². The minimum absolute atomic E-state index is 0.145. The van der Waals surface area contributed by atoms with Crippen molar-refractivity contribution < 1.29 is 13.9 Å². The number of amides is 1. The molecule has 5 nitrogen and oxygen atoms in total. The van der Waals surface area contributed by atoms with Crippen LogP contribution in [0.1, 0.15) is 41.0 Å². The zero-order valence-electron chi connectivity index (χ0n) is 15.1. The van der Waals surface area contributed by atoms with Crippen molar-refractivity contribution >= 4 is 16.9 Å². The average molecular weight is 365 g/mol. The van der Waals surface area contributed by atoms with Crippen molar-refractivity contribution in [3.05, 3.63) is 59.7 Å². The van der Waals surface area contributed by atoms with Gasteiger partial charge in [-0.1, -0.05) is 12.1 Å². The number of nitrogens with zero attached hydrogens (tertiary/aromatic N) is 3. The fourth-order valence-corrected chi connectivity index (χ4v) is 3.84. The van der Waals surface area contributed by atoms with Crippen LogP contribution in [0.5, 0.6) is 5.75 Å². The third kappa shape index (κ3) is 2.67. The zero-order valence-corrected chi connectivity index (χ0v) is 15.1. The van der Waals surface area contributed by atoms with E-state index in [1.165, 1.54) is 32.1 Å². The van der Waals surface area contributed by atoms with Crippen molar-refractivity contribution in [2.24, 2.45) is 0 Å². The Hall–Kier alpha value is -2.89. The molecule has 0 unspecified atom stereocenters. The molecule has 2 aliphatic rings. The first-order chi connectivity index (χ1) is 13.2. The van der Waals surface area contributed by atoms with Crippen LogP contribution >= 0.6 is 0 Å². The smallest absolute Gasteiger partial charge is 0.254 e. The number of rotatable bonds is 4. The van der Waals surface area contributed by atoms with E-state index in [1.54, 1.807) is 11.0 Å². The van der Waals surface area contributed by atoms with E-state index in [-0.39, 0.29) is 17.7 Å². The number of fused-ring (bicyclic) bond motifs is 1. The average Bonchev–Trinajstić information content (AvgIpc) is 3.42. The molecule has 3 aromatic rings. The molecule has 1 amide bonds. The van der Waals surface area contributed by atoms with Gasteiger partial charge in [-0.25, -0.2) is 9.37 Å². The fourth-order valence-electron chi connectivity index (χ4n) is 3.84. The summed E-state index contributed by atoms with van der Waals surface area (Å²) in [4.78, 5) is 19.3. The normalized spacial score (nSPS) is 17.2. The first-order valence-corrected chi connectivity index (χ1v) is 9.25. The maximum Gasteiger partial charge on any atom is 0.254 e. The number of imidazole rings is 1. The number of carbonyl (C=O) groups is 1. The monoisotopic (exact) mass is 365 g/mol. The predicted molar refractivity (Wildman–Crippen MR) is 99.6 cm³/mol. The summed E-state index contributed by atoms with van der Waals surface area (Å²) in [5, 5.41) is 0. The van der Waals surface area contributed by atoms with Gasteiger partial charge in [-0.15, -0.1) is 0 Å². The molecule has 2 heterocycles. The van der Waals surface area contributed by atoms with Crippen LogP contribution in [0.15, 0.2) is 42.5 Å². The molecule has 138 valence electrons. The fraction of sp³-hybridized carbons (Fsp3) is 0.333. The van der Waals surface area contributed by atoms with Crippen molar-refractivity contribution in [2.45, 2.75) is 24.8 Å². The number of likely N-dealkylation sites (tertiary alicyclic amines) is 1. The lowest BCUT2D eigenvalue weighted by molar-refractivity contribution is 0.0521. The van der Waals surface area contributed by atoms with Gasteiger partial charge in [-0.2, -0.15) is 0 Å². The summed E-state index contributed by atoms with van der Waals surface area (Å²) in [7, 11) is 1.41. The molecular weight excluding hydrogens is 345 g/mol. The molecule has 1 aliphatic carbocycles. The van der Waals surface area contributed by atoms with Crippen molar-refractivity contribution in [2.75, 3.05) is 20.2 Å². The molecule has 1 aliphatic heterocycles. The Kier molecular flexibility index (Phi) is 3.67. The summed E-state index contributed by atoms with van der Waals surface area (Å²) in [6.07, 6.45) is 2.37. The number of hydrogen-bond acceptors (Lipinski definition) is 3. The number of halogens is 1. The minimum atomic E-state index is -0.517. The van der Waals surface area contributed by atoms with Crippen LogP contribution in [-0.2, 0) is 0 Å². The number of hydrogen-bond donors (Lipinski definition) is 0. The number of methoxy groups -OCH3 is 1. The van der Waals surface area contributed by atoms with Crippen molar-refractivity contribution in [1.82, 2.24) is 14.5 Å². The molecule has 2 fully saturated rings. The number of aromatic nitrogens is 2. The summed E-state index contributed by atoms with van der Waals surface area (Å²) in [5.74, 6) is 1.16. The second kappa shape index (κ2) is 6.08. The van der Waals surface area contributed by atoms with Gasteiger partial charge in [0.05, 0.1) is 24.2 Å². The van der Waals surface area contributed by atoms with Crippen LogP contribution < -0.4 is 4.74 Å². The summed E-state index contributed by atoms with van der Waals surface area (Å²) in [5.41, 5.74) is 2.50. The molecule has 0 radical (unpaired) electrons. The van der Waals surface area contributed by atoms with E-state index in [9.17, 15) is 9.18 Å². The van der Waals surface area contributed by atoms with Gasteiger partial charge in [0.25, 0.3) is 5.91 Å². The Morgan fingerprint density at radius 1 is 1.19 bits per heavy atom. The third-order valence-electron chi connectivity index (χ3n) is 5.48. The maximum absolute atomic E-state index is 13.9. The molecule has 1 saturated carbocycles. The van der Waals surface area contributed by atoms with Gasteiger partial charge in [-0.05, 0) is 43.2 Å². The molecule has 1 saturated heterocycles. The molecule has 2 aromatic carbocycles. The molecule has 0 atom stereocenters. The standard InChI is InChI=1S/C21H20FN3O2/c1-27-19-9-8-14(10-16(19)22)21(26)24-11-15(12-24)25-18-5-3-2-4-17(18)23-20(25)13-6-7-13/h2-5,8-10,13,15H,6-7,11-12H2,1H3. The van der Waals surface area contributed by atoms with Crippen LogP contribution in [0.3, 0.4) is 0 Å². The quantitative estimate of drug-likeness (QED) is 0.707. The molecule has 0 N–H and O–H groups in total. The van der Waals surface area contributed by atoms with Gasteiger partial charge in [-0.3, -0.25) is 4.79 Å². The summed E-state index contributed by atoms with van der Waals surface area (Å²) in [6.45, 7) is 1.24. The molecule has 0 bridgehead atoms. The minimum Gasteiger partial charge on any atom is -0.494 e. The lowest BCUT2D eigenvalue weighted by atomic mass is 10.1. The van der Waals surface area contributed by atoms with E-state index in [2.05, 4.69) is 10.6 Å². The van der Waals surface area contributed by atoms with Gasteiger partial charge >= 0.3 is 0 Å². The molecule has 6 heteroatoms. The highest BCUT2D eigenvalue weighted by Crippen LogP contribution is 2.43. The zero-order chi connectivity index (χ0) is 18.5. The summed E-state index contributed by atoms with van der Waals surface area (Å²) < 4.78 is 21.1. The first kappa shape index (κ1) is 16.3. The van der Waals surface area contributed by atoms with Gasteiger partial charge in [0.2, 0.25) is 0 Å². The van der Waals surface area contributed by atoms with Crippen molar-refractivity contribution in [3.63, 3.8) is 0 Å². The molecule has 27 heavy (non-hydrogen) atoms. The highest BCUT2D eigenvalue weighted by molar-refractivity contribution is 5.95. The molecule has 0 spiro atoms. The van der Waals surface area contributed by atoms with E-state index in [0.29, 0.717) is 24.6 Å². The Balaban J connectivity index is 1.38. The van der Waals surface area contributed by atoms with Gasteiger partial charge in [0.1, 0.15) is 5.82 Å². The summed E-state index contributed by atoms with van der Waals surface area (Å²) >= 11 is 0. The van der Waals surface area contributed by atoms with Crippen LogP contribution in [0.2, 0.25) is 0 Å². The Labute approximate surface area is 156 Å². The topological polar surface area (TPSA) is 47.4 Å². The number of ether oxygens (including phenoxy) is 1. The first-order valence-electron chi connectivity index (χ1n) is 9.25. The van der Waals surface area contributed by atoms with E-state index < -0.39 is 5.82 Å². The van der Waals surface area contributed by atoms with Crippen molar-refractivity contribution in [1.29, 1.82) is 0 Å². The van der Waals surface area contributed by atoms with Crippen LogP contribution in [-0.4, -0.2) is 40.6 Å². The lowest BCUT2D eigenvalue weighted by Crippen LogP contribution is -2.51. The highest BCUT2D eigenvalue weighted by atomic mass is 19.1. The number of para-hydroxylation sites is 2. The van der Waals surface area contributed by atoms with Crippen LogP contribution in [0, 0.1) is 5.82 Å². The molecule has 5 rings (SSSR count). The second-order valence-corrected chi connectivity index (χ2v) is 7.32. The Bertz CT molecular complexity index is 1040. The second-order valence-electron chi connectivity index (χ2n) is 7.32. The van der Waals surface area contributed by atoms with Gasteiger partial charge < -0.3 is 14.2 Å². The van der Waals surface area contributed by atoms with E-state index in [1.807, 2.05) is 18.2 Å². The lowest BCUT2D eigenvalue weighted by Gasteiger charge is -2.41.